The summed E-state index contributed by atoms with van der Waals surface area (Å²) in [5, 5.41) is 3.46. The molecule has 1 aliphatic carbocycles. The van der Waals surface area contributed by atoms with Gasteiger partial charge in [0.2, 0.25) is 5.91 Å². The maximum atomic E-state index is 12.9. The number of likely N-dealkylation sites (tertiary alicyclic amines) is 1. The van der Waals surface area contributed by atoms with Crippen molar-refractivity contribution in [3.05, 3.63) is 35.4 Å². The van der Waals surface area contributed by atoms with Crippen LogP contribution in [0.25, 0.3) is 0 Å². The number of hydrogen-bond donors (Lipinski definition) is 1. The lowest BCUT2D eigenvalue weighted by Gasteiger charge is -2.27. The van der Waals surface area contributed by atoms with Crippen molar-refractivity contribution in [3.8, 4) is 0 Å². The van der Waals surface area contributed by atoms with Crippen molar-refractivity contribution >= 4 is 5.91 Å². The molecule has 20 heavy (non-hydrogen) atoms. The second-order valence-corrected chi connectivity index (χ2v) is 6.69. The van der Waals surface area contributed by atoms with Crippen LogP contribution in [0.3, 0.4) is 0 Å². The first-order valence-electron chi connectivity index (χ1n) is 7.82. The van der Waals surface area contributed by atoms with Crippen LogP contribution in [0.1, 0.15) is 18.1 Å². The molecule has 0 saturated carbocycles. The highest BCUT2D eigenvalue weighted by Crippen LogP contribution is 2.35. The number of rotatable bonds is 1. The SMILES string of the molecule is CC1C2CNCC2CN1C(=O)C1Cc2ccccc2C1. The Morgan fingerprint density at radius 3 is 2.55 bits per heavy atom. The van der Waals surface area contributed by atoms with Gasteiger partial charge in [-0.1, -0.05) is 24.3 Å². The van der Waals surface area contributed by atoms with Crippen LogP contribution >= 0.6 is 0 Å². The van der Waals surface area contributed by atoms with E-state index < -0.39 is 0 Å². The Labute approximate surface area is 120 Å². The van der Waals surface area contributed by atoms with Crippen molar-refractivity contribution in [2.24, 2.45) is 17.8 Å². The molecule has 2 saturated heterocycles. The number of carbonyl (C=O) groups excluding carboxylic acids is 1. The lowest BCUT2D eigenvalue weighted by atomic mass is 9.95. The van der Waals surface area contributed by atoms with E-state index in [4.69, 9.17) is 0 Å². The third-order valence-corrected chi connectivity index (χ3v) is 5.62. The predicted octanol–water partition coefficient (Wildman–Crippen LogP) is 1.47. The minimum absolute atomic E-state index is 0.182. The number of nitrogens with one attached hydrogen (secondary N) is 1. The van der Waals surface area contributed by atoms with Crippen LogP contribution in [-0.2, 0) is 17.6 Å². The molecule has 1 amide bonds. The summed E-state index contributed by atoms with van der Waals surface area (Å²) in [6, 6.07) is 8.93. The van der Waals surface area contributed by atoms with Gasteiger partial charge in [0.1, 0.15) is 0 Å². The molecule has 2 fully saturated rings. The van der Waals surface area contributed by atoms with Crippen molar-refractivity contribution in [3.63, 3.8) is 0 Å². The van der Waals surface area contributed by atoms with Crippen molar-refractivity contribution in [1.29, 1.82) is 0 Å². The summed E-state index contributed by atoms with van der Waals surface area (Å²) in [7, 11) is 0. The lowest BCUT2D eigenvalue weighted by Crippen LogP contribution is -2.41. The molecule has 0 spiro atoms. The summed E-state index contributed by atoms with van der Waals surface area (Å²) in [4.78, 5) is 15.0. The average molecular weight is 270 g/mol. The minimum atomic E-state index is 0.182. The second-order valence-electron chi connectivity index (χ2n) is 6.69. The maximum Gasteiger partial charge on any atom is 0.226 e. The molecule has 0 aromatic heterocycles. The van der Waals surface area contributed by atoms with Crippen molar-refractivity contribution in [2.45, 2.75) is 25.8 Å². The molecule has 3 heteroatoms. The fraction of sp³-hybridized carbons (Fsp3) is 0.588. The van der Waals surface area contributed by atoms with E-state index >= 15 is 0 Å². The van der Waals surface area contributed by atoms with Gasteiger partial charge in [-0.2, -0.15) is 0 Å². The molecule has 3 aliphatic rings. The zero-order chi connectivity index (χ0) is 13.7. The molecule has 2 heterocycles. The Bertz CT molecular complexity index is 517. The van der Waals surface area contributed by atoms with Gasteiger partial charge in [0.05, 0.1) is 0 Å². The van der Waals surface area contributed by atoms with Crippen LogP contribution in [0.5, 0.6) is 0 Å². The van der Waals surface area contributed by atoms with E-state index in [1.54, 1.807) is 0 Å². The molecule has 1 aromatic rings. The topological polar surface area (TPSA) is 32.3 Å². The summed E-state index contributed by atoms with van der Waals surface area (Å²) in [5.74, 6) is 1.92. The number of carbonyl (C=O) groups is 1. The summed E-state index contributed by atoms with van der Waals surface area (Å²) < 4.78 is 0. The van der Waals surface area contributed by atoms with Gasteiger partial charge in [0.25, 0.3) is 0 Å². The first-order valence-corrected chi connectivity index (χ1v) is 7.82. The van der Waals surface area contributed by atoms with Crippen LogP contribution < -0.4 is 5.32 Å². The van der Waals surface area contributed by atoms with E-state index in [9.17, 15) is 4.79 Å². The third-order valence-electron chi connectivity index (χ3n) is 5.62. The van der Waals surface area contributed by atoms with Gasteiger partial charge in [-0.25, -0.2) is 0 Å². The van der Waals surface area contributed by atoms with E-state index in [2.05, 4.69) is 41.4 Å². The molecule has 2 aliphatic heterocycles. The van der Waals surface area contributed by atoms with Crippen molar-refractivity contribution in [1.82, 2.24) is 10.2 Å². The Balaban J connectivity index is 1.50. The van der Waals surface area contributed by atoms with Gasteiger partial charge in [-0.15, -0.1) is 0 Å². The summed E-state index contributed by atoms with van der Waals surface area (Å²) in [5.41, 5.74) is 2.75. The fourth-order valence-corrected chi connectivity index (χ4v) is 4.43. The summed E-state index contributed by atoms with van der Waals surface area (Å²) in [6.45, 7) is 5.37. The van der Waals surface area contributed by atoms with E-state index in [-0.39, 0.29) is 5.92 Å². The van der Waals surface area contributed by atoms with Gasteiger partial charge < -0.3 is 10.2 Å². The van der Waals surface area contributed by atoms with Crippen molar-refractivity contribution in [2.75, 3.05) is 19.6 Å². The number of nitrogens with zero attached hydrogens (tertiary/aromatic N) is 1. The Hall–Kier alpha value is -1.35. The number of amides is 1. The predicted molar refractivity (Wildman–Crippen MR) is 78.4 cm³/mol. The molecular weight excluding hydrogens is 248 g/mol. The van der Waals surface area contributed by atoms with Gasteiger partial charge in [0.15, 0.2) is 0 Å². The first kappa shape index (κ1) is 12.4. The maximum absolute atomic E-state index is 12.9. The zero-order valence-electron chi connectivity index (χ0n) is 12.0. The minimum Gasteiger partial charge on any atom is -0.339 e. The van der Waals surface area contributed by atoms with Crippen LogP contribution in [0.15, 0.2) is 24.3 Å². The standard InChI is InChI=1S/C17H22N2O/c1-11-16-9-18-8-15(16)10-19(11)17(20)14-6-12-4-2-3-5-13(12)7-14/h2-5,11,14-16,18H,6-10H2,1H3. The highest BCUT2D eigenvalue weighted by atomic mass is 16.2. The van der Waals surface area contributed by atoms with E-state index in [1.165, 1.54) is 11.1 Å². The van der Waals surface area contributed by atoms with E-state index in [0.29, 0.717) is 23.8 Å². The van der Waals surface area contributed by atoms with Gasteiger partial charge in [-0.05, 0) is 42.7 Å². The monoisotopic (exact) mass is 270 g/mol. The van der Waals surface area contributed by atoms with Gasteiger partial charge in [0, 0.05) is 31.6 Å². The summed E-state index contributed by atoms with van der Waals surface area (Å²) >= 11 is 0. The smallest absolute Gasteiger partial charge is 0.226 e. The van der Waals surface area contributed by atoms with Gasteiger partial charge in [-0.3, -0.25) is 4.79 Å². The molecule has 3 nitrogen and oxygen atoms in total. The zero-order valence-corrected chi connectivity index (χ0v) is 12.0. The van der Waals surface area contributed by atoms with E-state index in [0.717, 1.165) is 32.5 Å². The number of benzene rings is 1. The Kier molecular flexibility index (Phi) is 2.84. The Morgan fingerprint density at radius 2 is 1.90 bits per heavy atom. The molecule has 4 rings (SSSR count). The van der Waals surface area contributed by atoms with Crippen LogP contribution in [-0.4, -0.2) is 36.5 Å². The molecule has 1 N–H and O–H groups in total. The highest BCUT2D eigenvalue weighted by Gasteiger charge is 2.45. The molecule has 3 atom stereocenters. The molecule has 1 aromatic carbocycles. The Morgan fingerprint density at radius 1 is 1.20 bits per heavy atom. The van der Waals surface area contributed by atoms with E-state index in [1.807, 2.05) is 0 Å². The van der Waals surface area contributed by atoms with Crippen LogP contribution in [0.4, 0.5) is 0 Å². The van der Waals surface area contributed by atoms with Crippen molar-refractivity contribution < 1.29 is 4.79 Å². The highest BCUT2D eigenvalue weighted by molar-refractivity contribution is 5.81. The number of hydrogen-bond acceptors (Lipinski definition) is 2. The summed E-state index contributed by atoms with van der Waals surface area (Å²) in [6.07, 6.45) is 1.87. The molecular formula is C17H22N2O. The molecule has 3 unspecified atom stereocenters. The van der Waals surface area contributed by atoms with Crippen LogP contribution in [0.2, 0.25) is 0 Å². The quantitative estimate of drug-likeness (QED) is 0.838. The number of fused-ring (bicyclic) bond motifs is 2. The largest absolute Gasteiger partial charge is 0.339 e. The molecule has 106 valence electrons. The first-order chi connectivity index (χ1) is 9.74. The molecule has 0 bridgehead atoms. The second kappa shape index (κ2) is 4.59. The van der Waals surface area contributed by atoms with Crippen LogP contribution in [0, 0.1) is 17.8 Å². The van der Waals surface area contributed by atoms with Gasteiger partial charge >= 0.3 is 0 Å². The average Bonchev–Trinajstić information content (AvgIpc) is 3.13. The lowest BCUT2D eigenvalue weighted by molar-refractivity contribution is -0.136. The molecule has 0 radical (unpaired) electrons. The fourth-order valence-electron chi connectivity index (χ4n) is 4.43. The third kappa shape index (κ3) is 1.80. The normalized spacial score (nSPS) is 32.5.